The minimum absolute atomic E-state index is 0.235. The van der Waals surface area contributed by atoms with E-state index in [-0.39, 0.29) is 5.91 Å². The third kappa shape index (κ3) is 4.68. The van der Waals surface area contributed by atoms with Crippen LogP contribution in [0.2, 0.25) is 5.02 Å². The van der Waals surface area contributed by atoms with Gasteiger partial charge in [-0.2, -0.15) is 0 Å². The SMILES string of the molecule is COc1cc2occ(-c3cccc(Br)c3)c2cc1/C(C)=C/C(=O)Nc1ccc(Cl)cc1. The molecular formula is C25H19BrClNO3. The van der Waals surface area contributed by atoms with Crippen LogP contribution >= 0.6 is 27.5 Å². The molecule has 1 amide bonds. The van der Waals surface area contributed by atoms with Crippen LogP contribution in [0.5, 0.6) is 5.75 Å². The van der Waals surface area contributed by atoms with Crippen LogP contribution in [-0.2, 0) is 4.79 Å². The Morgan fingerprint density at radius 1 is 1.13 bits per heavy atom. The zero-order valence-corrected chi connectivity index (χ0v) is 19.3. The van der Waals surface area contributed by atoms with Gasteiger partial charge in [0.25, 0.3) is 0 Å². The van der Waals surface area contributed by atoms with Gasteiger partial charge in [0.15, 0.2) is 0 Å². The van der Waals surface area contributed by atoms with Gasteiger partial charge in [-0.25, -0.2) is 0 Å². The average molecular weight is 497 g/mol. The molecule has 0 fully saturated rings. The number of furan rings is 1. The Bertz CT molecular complexity index is 1290. The molecule has 0 bridgehead atoms. The number of rotatable bonds is 5. The second kappa shape index (κ2) is 9.00. The highest BCUT2D eigenvalue weighted by Gasteiger charge is 2.15. The van der Waals surface area contributed by atoms with Gasteiger partial charge in [-0.3, -0.25) is 4.79 Å². The zero-order valence-electron chi connectivity index (χ0n) is 16.9. The standard InChI is InChI=1S/C25H19BrClNO3/c1-15(10-25(29)28-19-8-6-18(27)7-9-19)20-12-21-22(16-4-3-5-17(26)11-16)14-31-24(21)13-23(20)30-2/h3-14H,1-2H3,(H,28,29)/b15-10+. The molecule has 4 rings (SSSR count). The lowest BCUT2D eigenvalue weighted by Crippen LogP contribution is -2.08. The lowest BCUT2D eigenvalue weighted by Gasteiger charge is -2.10. The number of fused-ring (bicyclic) bond motifs is 1. The number of amides is 1. The summed E-state index contributed by atoms with van der Waals surface area (Å²) in [7, 11) is 1.60. The van der Waals surface area contributed by atoms with E-state index >= 15 is 0 Å². The van der Waals surface area contributed by atoms with Gasteiger partial charge in [-0.1, -0.05) is 39.7 Å². The molecule has 1 N–H and O–H groups in total. The summed E-state index contributed by atoms with van der Waals surface area (Å²) < 4.78 is 12.3. The van der Waals surface area contributed by atoms with E-state index in [1.807, 2.05) is 43.3 Å². The number of benzene rings is 3. The van der Waals surface area contributed by atoms with E-state index in [1.165, 1.54) is 0 Å². The van der Waals surface area contributed by atoms with Crippen LogP contribution in [0.4, 0.5) is 5.69 Å². The number of hydrogen-bond acceptors (Lipinski definition) is 3. The van der Waals surface area contributed by atoms with Crippen LogP contribution in [-0.4, -0.2) is 13.0 Å². The predicted molar refractivity (Wildman–Crippen MR) is 130 cm³/mol. The number of halogens is 2. The summed E-state index contributed by atoms with van der Waals surface area (Å²) in [4.78, 5) is 12.5. The Labute approximate surface area is 193 Å². The normalized spacial score (nSPS) is 11.5. The fourth-order valence-corrected chi connectivity index (χ4v) is 3.92. The first-order valence-electron chi connectivity index (χ1n) is 9.55. The third-order valence-corrected chi connectivity index (χ3v) is 5.66. The molecule has 0 atom stereocenters. The summed E-state index contributed by atoms with van der Waals surface area (Å²) in [6.07, 6.45) is 3.29. The maximum Gasteiger partial charge on any atom is 0.248 e. The molecule has 31 heavy (non-hydrogen) atoms. The van der Waals surface area contributed by atoms with Crippen molar-refractivity contribution in [3.05, 3.63) is 88.1 Å². The van der Waals surface area contributed by atoms with Gasteiger partial charge in [-0.15, -0.1) is 0 Å². The van der Waals surface area contributed by atoms with Gasteiger partial charge in [0, 0.05) is 43.8 Å². The summed E-state index contributed by atoms with van der Waals surface area (Å²) in [5.41, 5.74) is 4.98. The Morgan fingerprint density at radius 3 is 2.61 bits per heavy atom. The number of carbonyl (C=O) groups is 1. The van der Waals surface area contributed by atoms with Crippen molar-refractivity contribution in [1.82, 2.24) is 0 Å². The summed E-state index contributed by atoms with van der Waals surface area (Å²) in [6, 6.07) is 18.8. The number of allylic oxidation sites excluding steroid dienone is 1. The highest BCUT2D eigenvalue weighted by molar-refractivity contribution is 9.10. The first-order valence-corrected chi connectivity index (χ1v) is 10.7. The molecule has 1 aromatic heterocycles. The van der Waals surface area contributed by atoms with Gasteiger partial charge < -0.3 is 14.5 Å². The molecule has 6 heteroatoms. The van der Waals surface area contributed by atoms with Crippen LogP contribution in [0, 0.1) is 0 Å². The largest absolute Gasteiger partial charge is 0.496 e. The molecule has 156 valence electrons. The number of hydrogen-bond donors (Lipinski definition) is 1. The average Bonchev–Trinajstić information content (AvgIpc) is 3.17. The number of carbonyl (C=O) groups excluding carboxylic acids is 1. The molecule has 3 aromatic carbocycles. The van der Waals surface area contributed by atoms with E-state index in [9.17, 15) is 4.79 Å². The smallest absolute Gasteiger partial charge is 0.248 e. The van der Waals surface area contributed by atoms with Crippen LogP contribution in [0.15, 0.2) is 81.9 Å². The molecule has 4 nitrogen and oxygen atoms in total. The van der Waals surface area contributed by atoms with Crippen molar-refractivity contribution in [2.75, 3.05) is 12.4 Å². The second-order valence-corrected chi connectivity index (χ2v) is 8.38. The number of nitrogens with one attached hydrogen (secondary N) is 1. The molecule has 1 heterocycles. The maximum absolute atomic E-state index is 12.5. The Morgan fingerprint density at radius 2 is 1.90 bits per heavy atom. The summed E-state index contributed by atoms with van der Waals surface area (Å²) in [5, 5.41) is 4.40. The van der Waals surface area contributed by atoms with Crippen molar-refractivity contribution < 1.29 is 13.9 Å². The van der Waals surface area contributed by atoms with E-state index in [1.54, 1.807) is 43.7 Å². The van der Waals surface area contributed by atoms with Crippen molar-refractivity contribution in [2.24, 2.45) is 0 Å². The Balaban J connectivity index is 1.71. The second-order valence-electron chi connectivity index (χ2n) is 7.03. The van der Waals surface area contributed by atoms with E-state index in [2.05, 4.69) is 21.2 Å². The number of anilines is 1. The zero-order chi connectivity index (χ0) is 22.0. The Kier molecular flexibility index (Phi) is 6.16. The number of methoxy groups -OCH3 is 1. The fraction of sp³-hybridized carbons (Fsp3) is 0.0800. The van der Waals surface area contributed by atoms with Gasteiger partial charge >= 0.3 is 0 Å². The molecule has 0 aliphatic carbocycles. The van der Waals surface area contributed by atoms with Crippen molar-refractivity contribution in [3.63, 3.8) is 0 Å². The van der Waals surface area contributed by atoms with Gasteiger partial charge in [0.2, 0.25) is 5.91 Å². The van der Waals surface area contributed by atoms with Crippen molar-refractivity contribution in [1.29, 1.82) is 0 Å². The summed E-state index contributed by atoms with van der Waals surface area (Å²) >= 11 is 9.42. The van der Waals surface area contributed by atoms with Crippen LogP contribution < -0.4 is 10.1 Å². The van der Waals surface area contributed by atoms with E-state index in [0.29, 0.717) is 22.0 Å². The van der Waals surface area contributed by atoms with Crippen LogP contribution in [0.3, 0.4) is 0 Å². The van der Waals surface area contributed by atoms with Crippen molar-refractivity contribution in [2.45, 2.75) is 6.92 Å². The minimum Gasteiger partial charge on any atom is -0.496 e. The number of ether oxygens (including phenoxy) is 1. The third-order valence-electron chi connectivity index (χ3n) is 4.92. The fourth-order valence-electron chi connectivity index (χ4n) is 3.40. The molecule has 0 saturated heterocycles. The molecular weight excluding hydrogens is 478 g/mol. The van der Waals surface area contributed by atoms with E-state index < -0.39 is 0 Å². The summed E-state index contributed by atoms with van der Waals surface area (Å²) in [6.45, 7) is 1.88. The lowest BCUT2D eigenvalue weighted by atomic mass is 9.99. The molecule has 0 spiro atoms. The van der Waals surface area contributed by atoms with Crippen LogP contribution in [0.25, 0.3) is 27.7 Å². The first kappa shape index (κ1) is 21.2. The molecule has 0 saturated carbocycles. The minimum atomic E-state index is -0.235. The van der Waals surface area contributed by atoms with Crippen molar-refractivity contribution >= 4 is 55.7 Å². The lowest BCUT2D eigenvalue weighted by molar-refractivity contribution is -0.111. The molecule has 0 aliphatic rings. The monoisotopic (exact) mass is 495 g/mol. The van der Waals surface area contributed by atoms with Crippen molar-refractivity contribution in [3.8, 4) is 16.9 Å². The molecule has 4 aromatic rings. The highest BCUT2D eigenvalue weighted by atomic mass is 79.9. The van der Waals surface area contributed by atoms with Gasteiger partial charge in [0.1, 0.15) is 11.3 Å². The van der Waals surface area contributed by atoms with Gasteiger partial charge in [0.05, 0.1) is 13.4 Å². The molecule has 0 radical (unpaired) electrons. The van der Waals surface area contributed by atoms with E-state index in [4.69, 9.17) is 20.8 Å². The first-order chi connectivity index (χ1) is 14.9. The maximum atomic E-state index is 12.5. The highest BCUT2D eigenvalue weighted by Crippen LogP contribution is 2.38. The Hall–Kier alpha value is -3.02. The molecule has 0 unspecified atom stereocenters. The molecule has 0 aliphatic heterocycles. The van der Waals surface area contributed by atoms with Crippen LogP contribution in [0.1, 0.15) is 12.5 Å². The topological polar surface area (TPSA) is 51.5 Å². The van der Waals surface area contributed by atoms with E-state index in [0.717, 1.165) is 32.1 Å². The predicted octanol–water partition coefficient (Wildman–Crippen LogP) is 7.57. The quantitative estimate of drug-likeness (QED) is 0.290. The van der Waals surface area contributed by atoms with Gasteiger partial charge in [-0.05, 0) is 60.5 Å². The summed E-state index contributed by atoms with van der Waals surface area (Å²) in [5.74, 6) is 0.400.